The second-order valence-corrected chi connectivity index (χ2v) is 7.75. The Morgan fingerprint density at radius 2 is 1.86 bits per heavy atom. The number of hydrogen-bond donors (Lipinski definition) is 1. The molecule has 2 aromatic heterocycles. The van der Waals surface area contributed by atoms with Crippen molar-refractivity contribution in [3.8, 4) is 5.69 Å². The van der Waals surface area contributed by atoms with Crippen LogP contribution in [0.3, 0.4) is 0 Å². The molecule has 0 aliphatic rings. The van der Waals surface area contributed by atoms with E-state index in [1.165, 1.54) is 0 Å². The first-order valence-electron chi connectivity index (χ1n) is 9.75. The van der Waals surface area contributed by atoms with Gasteiger partial charge in [-0.1, -0.05) is 26.0 Å². The summed E-state index contributed by atoms with van der Waals surface area (Å²) in [5.41, 5.74) is 5.16. The average molecular weight is 380 g/mol. The molecule has 6 nitrogen and oxygen atoms in total. The first-order valence-corrected chi connectivity index (χ1v) is 9.75. The SMILES string of the molecule is Cc1nn(CC(C)C)c(C)c1CC(=O)NC(C)c1ccc(-n2ccnc2)cc1. The molecule has 3 aromatic rings. The normalized spacial score (nSPS) is 12.4. The van der Waals surface area contributed by atoms with Crippen LogP contribution in [0.15, 0.2) is 43.0 Å². The van der Waals surface area contributed by atoms with E-state index in [0.717, 1.165) is 34.7 Å². The maximum absolute atomic E-state index is 12.6. The largest absolute Gasteiger partial charge is 0.349 e. The Kier molecular flexibility index (Phi) is 5.97. The van der Waals surface area contributed by atoms with Gasteiger partial charge in [-0.05, 0) is 44.4 Å². The van der Waals surface area contributed by atoms with Crippen LogP contribution in [0.5, 0.6) is 0 Å². The Morgan fingerprint density at radius 1 is 1.14 bits per heavy atom. The van der Waals surface area contributed by atoms with Gasteiger partial charge in [-0.2, -0.15) is 5.10 Å². The van der Waals surface area contributed by atoms with Crippen molar-refractivity contribution in [3.05, 3.63) is 65.5 Å². The molecule has 0 saturated heterocycles. The highest BCUT2D eigenvalue weighted by Gasteiger charge is 2.17. The molecule has 0 bridgehead atoms. The highest BCUT2D eigenvalue weighted by atomic mass is 16.1. The number of aromatic nitrogens is 4. The van der Waals surface area contributed by atoms with Crippen molar-refractivity contribution in [1.29, 1.82) is 0 Å². The molecule has 3 rings (SSSR count). The molecule has 0 aliphatic heterocycles. The van der Waals surface area contributed by atoms with Crippen LogP contribution in [0, 0.1) is 19.8 Å². The van der Waals surface area contributed by atoms with E-state index in [1.807, 2.05) is 60.5 Å². The number of carbonyl (C=O) groups excluding carboxylic acids is 1. The number of nitrogens with zero attached hydrogens (tertiary/aromatic N) is 4. The van der Waals surface area contributed by atoms with Gasteiger partial charge in [-0.25, -0.2) is 4.98 Å². The van der Waals surface area contributed by atoms with Crippen molar-refractivity contribution >= 4 is 5.91 Å². The molecule has 148 valence electrons. The van der Waals surface area contributed by atoms with E-state index in [1.54, 1.807) is 12.5 Å². The van der Waals surface area contributed by atoms with Crippen molar-refractivity contribution in [2.24, 2.45) is 5.92 Å². The quantitative estimate of drug-likeness (QED) is 0.680. The second kappa shape index (κ2) is 8.42. The van der Waals surface area contributed by atoms with E-state index in [-0.39, 0.29) is 11.9 Å². The zero-order valence-corrected chi connectivity index (χ0v) is 17.3. The summed E-state index contributed by atoms with van der Waals surface area (Å²) >= 11 is 0. The van der Waals surface area contributed by atoms with Crippen molar-refractivity contribution in [2.45, 2.75) is 53.6 Å². The summed E-state index contributed by atoms with van der Waals surface area (Å²) in [5.74, 6) is 0.534. The Bertz CT molecular complexity index is 923. The average Bonchev–Trinajstić information content (AvgIpc) is 3.26. The molecule has 1 atom stereocenters. The number of carbonyl (C=O) groups is 1. The molecule has 0 spiro atoms. The van der Waals surface area contributed by atoms with Gasteiger partial charge in [0.15, 0.2) is 0 Å². The van der Waals surface area contributed by atoms with E-state index < -0.39 is 0 Å². The number of nitrogens with one attached hydrogen (secondary N) is 1. The van der Waals surface area contributed by atoms with Crippen molar-refractivity contribution < 1.29 is 4.79 Å². The molecule has 1 N–H and O–H groups in total. The molecule has 0 fully saturated rings. The van der Waals surface area contributed by atoms with E-state index in [4.69, 9.17) is 0 Å². The third kappa shape index (κ3) is 4.50. The summed E-state index contributed by atoms with van der Waals surface area (Å²) in [6, 6.07) is 8.08. The number of rotatable bonds is 7. The van der Waals surface area contributed by atoms with Crippen LogP contribution in [0.25, 0.3) is 5.69 Å². The van der Waals surface area contributed by atoms with Crippen LogP contribution in [0.2, 0.25) is 0 Å². The summed E-state index contributed by atoms with van der Waals surface area (Å²) in [6.07, 6.45) is 5.78. The molecular formula is C22H29N5O. The highest BCUT2D eigenvalue weighted by Crippen LogP contribution is 2.18. The second-order valence-electron chi connectivity index (χ2n) is 7.75. The van der Waals surface area contributed by atoms with E-state index in [2.05, 4.69) is 29.2 Å². The molecule has 28 heavy (non-hydrogen) atoms. The Balaban J connectivity index is 1.64. The maximum Gasteiger partial charge on any atom is 0.225 e. The lowest BCUT2D eigenvalue weighted by Gasteiger charge is -2.15. The number of aryl methyl sites for hydroxylation is 1. The first-order chi connectivity index (χ1) is 13.3. The summed E-state index contributed by atoms with van der Waals surface area (Å²) < 4.78 is 3.97. The Morgan fingerprint density at radius 3 is 2.46 bits per heavy atom. The third-order valence-electron chi connectivity index (χ3n) is 4.98. The molecule has 0 saturated carbocycles. The molecule has 0 radical (unpaired) electrons. The maximum atomic E-state index is 12.6. The molecule has 0 aliphatic carbocycles. The molecule has 1 aromatic carbocycles. The van der Waals surface area contributed by atoms with Crippen LogP contribution in [-0.2, 0) is 17.8 Å². The van der Waals surface area contributed by atoms with Crippen LogP contribution in [-0.4, -0.2) is 25.2 Å². The van der Waals surface area contributed by atoms with Crippen molar-refractivity contribution in [2.75, 3.05) is 0 Å². The van der Waals surface area contributed by atoms with Gasteiger partial charge in [0.05, 0.1) is 24.5 Å². The molecule has 1 unspecified atom stereocenters. The van der Waals surface area contributed by atoms with Gasteiger partial charge >= 0.3 is 0 Å². The van der Waals surface area contributed by atoms with Gasteiger partial charge in [-0.3, -0.25) is 9.48 Å². The minimum Gasteiger partial charge on any atom is -0.349 e. The molecule has 1 amide bonds. The Labute approximate surface area is 166 Å². The van der Waals surface area contributed by atoms with E-state index in [0.29, 0.717) is 12.3 Å². The zero-order chi connectivity index (χ0) is 20.3. The van der Waals surface area contributed by atoms with Crippen LogP contribution in [0.4, 0.5) is 0 Å². The lowest BCUT2D eigenvalue weighted by molar-refractivity contribution is -0.121. The third-order valence-corrected chi connectivity index (χ3v) is 4.98. The number of benzene rings is 1. The standard InChI is InChI=1S/C22H29N5O/c1-15(2)13-27-18(5)21(17(4)25-27)12-22(28)24-16(3)19-6-8-20(9-7-19)26-11-10-23-14-26/h6-11,14-16H,12-13H2,1-5H3,(H,24,28). The Hall–Kier alpha value is -2.89. The summed E-state index contributed by atoms with van der Waals surface area (Å²) in [5, 5.41) is 7.71. The fourth-order valence-electron chi connectivity index (χ4n) is 3.40. The smallest absolute Gasteiger partial charge is 0.225 e. The fraction of sp³-hybridized carbons (Fsp3) is 0.409. The van der Waals surface area contributed by atoms with Crippen molar-refractivity contribution in [1.82, 2.24) is 24.6 Å². The lowest BCUT2D eigenvalue weighted by Crippen LogP contribution is -2.28. The van der Waals surface area contributed by atoms with E-state index >= 15 is 0 Å². The topological polar surface area (TPSA) is 64.7 Å². The van der Waals surface area contributed by atoms with Gasteiger partial charge in [0.25, 0.3) is 0 Å². The predicted molar refractivity (Wildman–Crippen MR) is 110 cm³/mol. The van der Waals surface area contributed by atoms with Gasteiger partial charge < -0.3 is 9.88 Å². The molecule has 6 heteroatoms. The fourth-order valence-corrected chi connectivity index (χ4v) is 3.40. The van der Waals surface area contributed by atoms with E-state index in [9.17, 15) is 4.79 Å². The minimum absolute atomic E-state index is 0.0153. The van der Waals surface area contributed by atoms with Gasteiger partial charge in [0, 0.05) is 35.9 Å². The van der Waals surface area contributed by atoms with Crippen LogP contribution in [0.1, 0.15) is 49.3 Å². The number of amides is 1. The summed E-state index contributed by atoms with van der Waals surface area (Å²) in [4.78, 5) is 16.7. The molecular weight excluding hydrogens is 350 g/mol. The van der Waals surface area contributed by atoms with Crippen molar-refractivity contribution in [3.63, 3.8) is 0 Å². The minimum atomic E-state index is -0.0596. The van der Waals surface area contributed by atoms with Gasteiger partial charge in [0.1, 0.15) is 0 Å². The number of hydrogen-bond acceptors (Lipinski definition) is 3. The molecule has 2 heterocycles. The monoisotopic (exact) mass is 379 g/mol. The zero-order valence-electron chi connectivity index (χ0n) is 17.3. The summed E-state index contributed by atoms with van der Waals surface area (Å²) in [7, 11) is 0. The summed E-state index contributed by atoms with van der Waals surface area (Å²) in [6.45, 7) is 11.2. The highest BCUT2D eigenvalue weighted by molar-refractivity contribution is 5.79. The van der Waals surface area contributed by atoms with Gasteiger partial charge in [0.2, 0.25) is 5.91 Å². The van der Waals surface area contributed by atoms with Crippen LogP contribution < -0.4 is 5.32 Å². The van der Waals surface area contributed by atoms with Gasteiger partial charge in [-0.15, -0.1) is 0 Å². The lowest BCUT2D eigenvalue weighted by atomic mass is 10.1. The van der Waals surface area contributed by atoms with Crippen LogP contribution >= 0.6 is 0 Å². The predicted octanol–water partition coefficient (Wildman–Crippen LogP) is 3.76. The number of imidazole rings is 1. The first kappa shape index (κ1) is 19.9.